The third-order valence-corrected chi connectivity index (χ3v) is 5.59. The number of nitrogens with two attached hydrogens (primary N) is 1. The summed E-state index contributed by atoms with van der Waals surface area (Å²) in [4.78, 5) is 42.9. The quantitative estimate of drug-likeness (QED) is 0.250. The monoisotopic (exact) mass is 388 g/mol. The van der Waals surface area contributed by atoms with Crippen molar-refractivity contribution in [3.05, 3.63) is 69.0 Å². The van der Waals surface area contributed by atoms with Gasteiger partial charge in [0, 0.05) is 26.6 Å². The van der Waals surface area contributed by atoms with Gasteiger partial charge in [0.15, 0.2) is 0 Å². The van der Waals surface area contributed by atoms with Gasteiger partial charge in [0.2, 0.25) is 0 Å². The number of aromatic nitrogens is 2. The van der Waals surface area contributed by atoms with Crippen LogP contribution in [0.15, 0.2) is 47.3 Å². The summed E-state index contributed by atoms with van der Waals surface area (Å²) in [5.41, 5.74) is 1.99. The van der Waals surface area contributed by atoms with Gasteiger partial charge in [-0.15, -0.1) is 0 Å². The third-order valence-electron chi connectivity index (χ3n) is 5.35. The fourth-order valence-electron chi connectivity index (χ4n) is 4.13. The molecule has 3 aromatic carbocycles. The molecule has 1 aliphatic heterocycles. The van der Waals surface area contributed by atoms with Crippen molar-refractivity contribution in [3.8, 4) is 0 Å². The highest BCUT2D eigenvalue weighted by Gasteiger charge is 2.33. The highest BCUT2D eigenvalue weighted by Crippen LogP contribution is 2.36. The summed E-state index contributed by atoms with van der Waals surface area (Å²) in [6.45, 7) is 0. The molecule has 0 unspecified atom stereocenters. The highest BCUT2D eigenvalue weighted by atomic mass is 35.5. The summed E-state index contributed by atoms with van der Waals surface area (Å²) in [5.74, 6) is 4.45. The van der Waals surface area contributed by atoms with E-state index in [4.69, 9.17) is 17.4 Å². The number of pyridine rings is 1. The molecule has 6 rings (SSSR count). The highest BCUT2D eigenvalue weighted by molar-refractivity contribution is 6.32. The Morgan fingerprint density at radius 1 is 0.857 bits per heavy atom. The molecule has 2 aromatic heterocycles. The first kappa shape index (κ1) is 15.5. The maximum absolute atomic E-state index is 13.3. The van der Waals surface area contributed by atoms with Gasteiger partial charge in [-0.25, -0.2) is 15.8 Å². The second-order valence-corrected chi connectivity index (χ2v) is 7.20. The van der Waals surface area contributed by atoms with Crippen LogP contribution in [-0.4, -0.2) is 26.2 Å². The number of benzene rings is 3. The van der Waals surface area contributed by atoms with Gasteiger partial charge in [-0.2, -0.15) is 0 Å². The number of amides is 2. The number of fused-ring (bicyclic) bond motifs is 4. The van der Waals surface area contributed by atoms with Crippen molar-refractivity contribution >= 4 is 61.6 Å². The molecule has 0 radical (unpaired) electrons. The molecule has 7 nitrogen and oxygen atoms in total. The van der Waals surface area contributed by atoms with Crippen LogP contribution in [0.5, 0.6) is 0 Å². The molecule has 134 valence electrons. The summed E-state index contributed by atoms with van der Waals surface area (Å²) in [6.07, 6.45) is 0. The molecule has 0 spiro atoms. The van der Waals surface area contributed by atoms with Gasteiger partial charge < -0.3 is 0 Å². The lowest BCUT2D eigenvalue weighted by Crippen LogP contribution is -2.45. The number of carbonyl (C=O) groups is 2. The number of nitrogens with zero attached hydrogens (tertiary/aromatic N) is 3. The Kier molecular flexibility index (Phi) is 2.68. The SMILES string of the molecule is NN1C(=O)c2ccc3c(=O)n4c5ccc(Cl)cc5nc4c4ccc(c2c34)C1=O. The normalized spacial score (nSPS) is 14.3. The topological polar surface area (TPSA) is 97.8 Å². The number of imidazole rings is 1. The Labute approximate surface area is 160 Å². The smallest absolute Gasteiger partial charge is 0.268 e. The minimum Gasteiger partial charge on any atom is -0.268 e. The maximum Gasteiger partial charge on any atom is 0.275 e. The first-order valence-electron chi connectivity index (χ1n) is 8.43. The minimum absolute atomic E-state index is 0.272. The number of hydrogen-bond donors (Lipinski definition) is 1. The van der Waals surface area contributed by atoms with Gasteiger partial charge in [0.25, 0.3) is 17.4 Å². The van der Waals surface area contributed by atoms with Crippen LogP contribution in [0.2, 0.25) is 5.02 Å². The molecule has 28 heavy (non-hydrogen) atoms. The van der Waals surface area contributed by atoms with Gasteiger partial charge in [0.05, 0.1) is 22.2 Å². The van der Waals surface area contributed by atoms with E-state index >= 15 is 0 Å². The molecule has 0 aliphatic carbocycles. The molecule has 0 atom stereocenters. The van der Waals surface area contributed by atoms with Gasteiger partial charge in [0.1, 0.15) is 5.65 Å². The fraction of sp³-hybridized carbons (Fsp3) is 0. The van der Waals surface area contributed by atoms with Crippen LogP contribution in [0.25, 0.3) is 38.2 Å². The molecule has 0 bridgehead atoms. The van der Waals surface area contributed by atoms with E-state index in [1.165, 1.54) is 4.40 Å². The predicted octanol–water partition coefficient (Wildman–Crippen LogP) is 2.72. The first-order valence-corrected chi connectivity index (χ1v) is 8.81. The van der Waals surface area contributed by atoms with Crippen LogP contribution in [0, 0.1) is 0 Å². The fourth-order valence-corrected chi connectivity index (χ4v) is 4.29. The van der Waals surface area contributed by atoms with Crippen molar-refractivity contribution in [1.82, 2.24) is 14.4 Å². The van der Waals surface area contributed by atoms with E-state index < -0.39 is 11.8 Å². The van der Waals surface area contributed by atoms with Crippen molar-refractivity contribution in [1.29, 1.82) is 0 Å². The summed E-state index contributed by atoms with van der Waals surface area (Å²) in [5, 5.41) is 3.18. The Morgan fingerprint density at radius 3 is 2.25 bits per heavy atom. The average molecular weight is 389 g/mol. The van der Waals surface area contributed by atoms with Crippen LogP contribution in [0.3, 0.4) is 0 Å². The second-order valence-electron chi connectivity index (χ2n) is 6.76. The summed E-state index contributed by atoms with van der Waals surface area (Å²) < 4.78 is 1.53. The first-order chi connectivity index (χ1) is 13.5. The van der Waals surface area contributed by atoms with Crippen LogP contribution in [0.1, 0.15) is 20.7 Å². The van der Waals surface area contributed by atoms with E-state index in [0.717, 1.165) is 0 Å². The molecule has 8 heteroatoms. The average Bonchev–Trinajstić information content (AvgIpc) is 3.07. The molecule has 0 saturated carbocycles. The van der Waals surface area contributed by atoms with Crippen LogP contribution >= 0.6 is 11.6 Å². The lowest BCUT2D eigenvalue weighted by Gasteiger charge is -2.24. The van der Waals surface area contributed by atoms with Gasteiger partial charge in [-0.1, -0.05) is 11.6 Å². The molecule has 5 aromatic rings. The molecule has 1 aliphatic rings. The number of carbonyl (C=O) groups excluding carboxylic acids is 2. The summed E-state index contributed by atoms with van der Waals surface area (Å²) in [6, 6.07) is 11.6. The Balaban J connectivity index is 1.94. The van der Waals surface area contributed by atoms with Gasteiger partial charge >= 0.3 is 0 Å². The Morgan fingerprint density at radius 2 is 1.54 bits per heavy atom. The number of rotatable bonds is 0. The van der Waals surface area contributed by atoms with Crippen LogP contribution in [-0.2, 0) is 0 Å². The Bertz CT molecular complexity index is 1580. The molecule has 2 amide bonds. The zero-order valence-electron chi connectivity index (χ0n) is 14.1. The van der Waals surface area contributed by atoms with E-state index in [0.29, 0.717) is 48.3 Å². The summed E-state index contributed by atoms with van der Waals surface area (Å²) in [7, 11) is 0. The third kappa shape index (κ3) is 1.64. The van der Waals surface area contributed by atoms with Crippen molar-refractivity contribution in [2.24, 2.45) is 5.84 Å². The standard InChI is InChI=1S/C20H9ClN4O3/c21-8-1-6-14-13(7-8)23-17-9-2-3-11-16-12(20(28)25(22)19(11)27)5-4-10(15(9)16)18(26)24(14)17/h1-7H,22H2. The number of hydrogen-bond acceptors (Lipinski definition) is 5. The molecule has 2 N–H and O–H groups in total. The van der Waals surface area contributed by atoms with E-state index in [-0.39, 0.29) is 16.7 Å². The van der Waals surface area contributed by atoms with Crippen molar-refractivity contribution in [3.63, 3.8) is 0 Å². The zero-order chi connectivity index (χ0) is 19.3. The number of hydrazine groups is 1. The molecule has 0 fully saturated rings. The molecular formula is C20H9ClN4O3. The van der Waals surface area contributed by atoms with Crippen LogP contribution in [0.4, 0.5) is 0 Å². The maximum atomic E-state index is 13.3. The molecule has 0 saturated heterocycles. The van der Waals surface area contributed by atoms with Gasteiger partial charge in [-0.3, -0.25) is 18.8 Å². The van der Waals surface area contributed by atoms with E-state index in [1.807, 2.05) is 0 Å². The lowest BCUT2D eigenvalue weighted by atomic mass is 9.91. The Hall–Kier alpha value is -3.55. The van der Waals surface area contributed by atoms with Crippen molar-refractivity contribution in [2.45, 2.75) is 0 Å². The van der Waals surface area contributed by atoms with Crippen LogP contribution < -0.4 is 11.4 Å². The lowest BCUT2D eigenvalue weighted by molar-refractivity contribution is 0.0610. The van der Waals surface area contributed by atoms with E-state index in [2.05, 4.69) is 4.98 Å². The number of imide groups is 1. The van der Waals surface area contributed by atoms with E-state index in [9.17, 15) is 14.4 Å². The molecule has 3 heterocycles. The predicted molar refractivity (Wildman–Crippen MR) is 105 cm³/mol. The minimum atomic E-state index is -0.598. The largest absolute Gasteiger partial charge is 0.275 e. The van der Waals surface area contributed by atoms with Crippen molar-refractivity contribution < 1.29 is 9.59 Å². The van der Waals surface area contributed by atoms with E-state index in [1.54, 1.807) is 42.5 Å². The second kappa shape index (κ2) is 4.83. The van der Waals surface area contributed by atoms with Gasteiger partial charge in [-0.05, 0) is 42.5 Å². The zero-order valence-corrected chi connectivity index (χ0v) is 14.8. The molecular weight excluding hydrogens is 380 g/mol. The number of halogens is 1. The van der Waals surface area contributed by atoms with Crippen molar-refractivity contribution in [2.75, 3.05) is 0 Å². The summed E-state index contributed by atoms with van der Waals surface area (Å²) >= 11 is 6.08.